The van der Waals surface area contributed by atoms with Gasteiger partial charge in [0.25, 0.3) is 0 Å². The average molecular weight is 140 g/mol. The monoisotopic (exact) mass is 140 g/mol. The predicted octanol–water partition coefficient (Wildman–Crippen LogP) is 0.346. The van der Waals surface area contributed by atoms with E-state index in [9.17, 15) is 0 Å². The molecule has 0 aliphatic carbocycles. The second kappa shape index (κ2) is 2.51. The molecule has 0 saturated carbocycles. The summed E-state index contributed by atoms with van der Waals surface area (Å²) in [5, 5.41) is 7.10. The molecule has 0 radical (unpaired) electrons. The zero-order valence-electron chi connectivity index (χ0n) is 6.56. The third kappa shape index (κ3) is 0.867. The van der Waals surface area contributed by atoms with Crippen LogP contribution in [0.15, 0.2) is 0 Å². The topological polar surface area (TPSA) is 24.1 Å². The molecule has 3 atom stereocenters. The highest BCUT2D eigenvalue weighted by molar-refractivity contribution is 4.98. The molecule has 2 saturated heterocycles. The van der Waals surface area contributed by atoms with E-state index in [4.69, 9.17) is 0 Å². The SMILES string of the molecule is CC[C@H]1NC[C@H]2CCN[C@H]21. The van der Waals surface area contributed by atoms with Crippen LogP contribution in [0.25, 0.3) is 0 Å². The second-order valence-corrected chi connectivity index (χ2v) is 3.45. The van der Waals surface area contributed by atoms with Crippen molar-refractivity contribution < 1.29 is 0 Å². The van der Waals surface area contributed by atoms with E-state index in [1.54, 1.807) is 0 Å². The molecular weight excluding hydrogens is 124 g/mol. The Bertz CT molecular complexity index is 124. The maximum Gasteiger partial charge on any atom is 0.0261 e. The summed E-state index contributed by atoms with van der Waals surface area (Å²) in [6.45, 7) is 4.75. The summed E-state index contributed by atoms with van der Waals surface area (Å²) in [6.07, 6.45) is 2.66. The fraction of sp³-hybridized carbons (Fsp3) is 1.00. The first kappa shape index (κ1) is 6.62. The van der Waals surface area contributed by atoms with Gasteiger partial charge in [0.05, 0.1) is 0 Å². The predicted molar refractivity (Wildman–Crippen MR) is 42.0 cm³/mol. The van der Waals surface area contributed by atoms with E-state index in [-0.39, 0.29) is 0 Å². The molecule has 2 aliphatic heterocycles. The number of hydrogen-bond donors (Lipinski definition) is 2. The largest absolute Gasteiger partial charge is 0.312 e. The van der Waals surface area contributed by atoms with Crippen LogP contribution in [0.5, 0.6) is 0 Å². The second-order valence-electron chi connectivity index (χ2n) is 3.45. The molecule has 10 heavy (non-hydrogen) atoms. The molecule has 2 rings (SSSR count). The van der Waals surface area contributed by atoms with Crippen molar-refractivity contribution in [1.29, 1.82) is 0 Å². The fourth-order valence-corrected chi connectivity index (χ4v) is 2.31. The van der Waals surface area contributed by atoms with E-state index < -0.39 is 0 Å². The van der Waals surface area contributed by atoms with Gasteiger partial charge in [0.15, 0.2) is 0 Å². The molecule has 0 unspecified atom stereocenters. The van der Waals surface area contributed by atoms with Crippen LogP contribution in [0, 0.1) is 5.92 Å². The van der Waals surface area contributed by atoms with Crippen molar-refractivity contribution >= 4 is 0 Å². The van der Waals surface area contributed by atoms with E-state index in [1.807, 2.05) is 0 Å². The van der Waals surface area contributed by atoms with Gasteiger partial charge in [-0.15, -0.1) is 0 Å². The lowest BCUT2D eigenvalue weighted by molar-refractivity contribution is 0.459. The van der Waals surface area contributed by atoms with Gasteiger partial charge in [-0.1, -0.05) is 6.92 Å². The molecule has 2 N–H and O–H groups in total. The van der Waals surface area contributed by atoms with Crippen molar-refractivity contribution in [2.75, 3.05) is 13.1 Å². The number of fused-ring (bicyclic) bond motifs is 1. The first-order chi connectivity index (χ1) is 4.92. The highest BCUT2D eigenvalue weighted by Crippen LogP contribution is 2.24. The van der Waals surface area contributed by atoms with Crippen LogP contribution < -0.4 is 10.6 Å². The maximum absolute atomic E-state index is 3.56. The summed E-state index contributed by atoms with van der Waals surface area (Å²) in [7, 11) is 0. The third-order valence-electron chi connectivity index (χ3n) is 2.92. The van der Waals surface area contributed by atoms with E-state index >= 15 is 0 Å². The van der Waals surface area contributed by atoms with E-state index in [0.717, 1.165) is 18.0 Å². The minimum Gasteiger partial charge on any atom is -0.312 e. The Morgan fingerprint density at radius 3 is 3.10 bits per heavy atom. The Kier molecular flexibility index (Phi) is 1.66. The molecule has 2 heteroatoms. The summed E-state index contributed by atoms with van der Waals surface area (Å²) in [5.41, 5.74) is 0. The zero-order valence-corrected chi connectivity index (χ0v) is 6.56. The van der Waals surface area contributed by atoms with Crippen molar-refractivity contribution in [2.45, 2.75) is 31.8 Å². The molecule has 0 aromatic carbocycles. The lowest BCUT2D eigenvalue weighted by Crippen LogP contribution is -2.38. The molecule has 0 bridgehead atoms. The summed E-state index contributed by atoms with van der Waals surface area (Å²) >= 11 is 0. The van der Waals surface area contributed by atoms with Crippen LogP contribution in [0.2, 0.25) is 0 Å². The zero-order chi connectivity index (χ0) is 6.97. The van der Waals surface area contributed by atoms with Crippen molar-refractivity contribution in [1.82, 2.24) is 10.6 Å². The summed E-state index contributed by atoms with van der Waals surface area (Å²) in [5.74, 6) is 0.935. The van der Waals surface area contributed by atoms with Crippen molar-refractivity contribution in [3.05, 3.63) is 0 Å². The molecule has 0 aromatic rings. The van der Waals surface area contributed by atoms with Gasteiger partial charge in [-0.05, 0) is 31.8 Å². The number of nitrogens with one attached hydrogen (secondary N) is 2. The summed E-state index contributed by atoms with van der Waals surface area (Å²) < 4.78 is 0. The minimum absolute atomic E-state index is 0.757. The van der Waals surface area contributed by atoms with Crippen molar-refractivity contribution in [2.24, 2.45) is 5.92 Å². The Morgan fingerprint density at radius 1 is 1.40 bits per heavy atom. The van der Waals surface area contributed by atoms with Gasteiger partial charge in [-0.3, -0.25) is 0 Å². The molecule has 0 amide bonds. The molecule has 2 aliphatic rings. The van der Waals surface area contributed by atoms with Gasteiger partial charge >= 0.3 is 0 Å². The van der Waals surface area contributed by atoms with Gasteiger partial charge in [-0.25, -0.2) is 0 Å². The van der Waals surface area contributed by atoms with Crippen molar-refractivity contribution in [3.63, 3.8) is 0 Å². The molecular formula is C8H16N2. The minimum atomic E-state index is 0.757. The maximum atomic E-state index is 3.56. The Balaban J connectivity index is 2.01. The number of rotatable bonds is 1. The highest BCUT2D eigenvalue weighted by atomic mass is 15.1. The number of hydrogen-bond acceptors (Lipinski definition) is 2. The lowest BCUT2D eigenvalue weighted by atomic mass is 9.99. The van der Waals surface area contributed by atoms with Crippen LogP contribution in [0.4, 0.5) is 0 Å². The van der Waals surface area contributed by atoms with Crippen LogP contribution >= 0.6 is 0 Å². The first-order valence-electron chi connectivity index (χ1n) is 4.38. The Hall–Kier alpha value is -0.0800. The highest BCUT2D eigenvalue weighted by Gasteiger charge is 2.37. The molecule has 2 fully saturated rings. The van der Waals surface area contributed by atoms with Gasteiger partial charge in [0, 0.05) is 12.1 Å². The van der Waals surface area contributed by atoms with E-state index in [2.05, 4.69) is 17.6 Å². The molecule has 0 spiro atoms. The Morgan fingerprint density at radius 2 is 2.30 bits per heavy atom. The van der Waals surface area contributed by atoms with Gasteiger partial charge < -0.3 is 10.6 Å². The van der Waals surface area contributed by atoms with E-state index in [0.29, 0.717) is 0 Å². The van der Waals surface area contributed by atoms with Crippen LogP contribution in [0.1, 0.15) is 19.8 Å². The van der Waals surface area contributed by atoms with Crippen LogP contribution in [-0.4, -0.2) is 25.2 Å². The van der Waals surface area contributed by atoms with Crippen molar-refractivity contribution in [3.8, 4) is 0 Å². The standard InChI is InChI=1S/C8H16N2/c1-2-7-8-6(5-10-7)3-4-9-8/h6-10H,2-5H2,1H3/t6-,7-,8-/m1/s1. The van der Waals surface area contributed by atoms with Gasteiger partial charge in [0.2, 0.25) is 0 Å². The lowest BCUT2D eigenvalue weighted by Gasteiger charge is -2.15. The summed E-state index contributed by atoms with van der Waals surface area (Å²) in [4.78, 5) is 0. The molecule has 58 valence electrons. The van der Waals surface area contributed by atoms with E-state index in [1.165, 1.54) is 25.9 Å². The molecule has 2 heterocycles. The molecule has 2 nitrogen and oxygen atoms in total. The Labute approximate surface area is 62.4 Å². The molecule has 0 aromatic heterocycles. The van der Waals surface area contributed by atoms with Gasteiger partial charge in [-0.2, -0.15) is 0 Å². The quantitative estimate of drug-likeness (QED) is 0.549. The van der Waals surface area contributed by atoms with Gasteiger partial charge in [0.1, 0.15) is 0 Å². The summed E-state index contributed by atoms with van der Waals surface area (Å²) in [6, 6.07) is 1.55. The van der Waals surface area contributed by atoms with Crippen LogP contribution in [0.3, 0.4) is 0 Å². The normalized spacial score (nSPS) is 45.9. The van der Waals surface area contributed by atoms with Crippen LogP contribution in [-0.2, 0) is 0 Å². The fourth-order valence-electron chi connectivity index (χ4n) is 2.31. The smallest absolute Gasteiger partial charge is 0.0261 e. The average Bonchev–Trinajstić information content (AvgIpc) is 2.44. The third-order valence-corrected chi connectivity index (χ3v) is 2.92. The first-order valence-corrected chi connectivity index (χ1v) is 4.38.